The summed E-state index contributed by atoms with van der Waals surface area (Å²) in [5.41, 5.74) is 0.991. The molecule has 1 aromatic heterocycles. The SMILES string of the molecule is O=C(Cc1cccs1)NC1C(=O)N2C(C(=O)O)=C(CSC(=O)c3ccccc3)CS[C@@H]12. The minimum absolute atomic E-state index is 0.0779. The summed E-state index contributed by atoms with van der Waals surface area (Å²) >= 11 is 3.88. The Hall–Kier alpha value is -2.56. The van der Waals surface area contributed by atoms with Gasteiger partial charge in [0.15, 0.2) is 0 Å². The Balaban J connectivity index is 1.42. The lowest BCUT2D eigenvalue weighted by molar-refractivity contribution is -0.150. The number of carbonyl (C=O) groups excluding carboxylic acids is 3. The van der Waals surface area contributed by atoms with E-state index < -0.39 is 23.3 Å². The molecule has 1 unspecified atom stereocenters. The summed E-state index contributed by atoms with van der Waals surface area (Å²) in [4.78, 5) is 51.3. The van der Waals surface area contributed by atoms with Crippen LogP contribution in [0.1, 0.15) is 15.2 Å². The number of hydrogen-bond donors (Lipinski definition) is 2. The fraction of sp³-hybridized carbons (Fsp3) is 0.238. The molecule has 2 N–H and O–H groups in total. The molecule has 2 aliphatic heterocycles. The summed E-state index contributed by atoms with van der Waals surface area (Å²) in [5.74, 6) is -1.34. The van der Waals surface area contributed by atoms with Gasteiger partial charge in [0, 0.05) is 21.9 Å². The number of nitrogens with zero attached hydrogens (tertiary/aromatic N) is 1. The smallest absolute Gasteiger partial charge is 0.352 e. The van der Waals surface area contributed by atoms with E-state index in [1.165, 1.54) is 28.0 Å². The third-order valence-electron chi connectivity index (χ3n) is 4.87. The van der Waals surface area contributed by atoms with Crippen LogP contribution in [0.25, 0.3) is 0 Å². The zero-order valence-corrected chi connectivity index (χ0v) is 18.6. The molecule has 2 amide bonds. The zero-order valence-electron chi connectivity index (χ0n) is 16.1. The lowest BCUT2D eigenvalue weighted by Crippen LogP contribution is -2.70. The molecule has 0 radical (unpaired) electrons. The maximum Gasteiger partial charge on any atom is 0.352 e. The van der Waals surface area contributed by atoms with Crippen LogP contribution >= 0.6 is 34.9 Å². The van der Waals surface area contributed by atoms with Crippen molar-refractivity contribution in [1.29, 1.82) is 0 Å². The molecule has 0 saturated carbocycles. The van der Waals surface area contributed by atoms with Crippen molar-refractivity contribution in [1.82, 2.24) is 10.2 Å². The van der Waals surface area contributed by atoms with Crippen LogP contribution in [-0.2, 0) is 20.8 Å². The van der Waals surface area contributed by atoms with Gasteiger partial charge in [0.2, 0.25) is 11.0 Å². The number of carboxylic acids is 1. The molecule has 10 heteroatoms. The summed E-state index contributed by atoms with van der Waals surface area (Å²) in [6, 6.07) is 11.7. The van der Waals surface area contributed by atoms with Crippen LogP contribution < -0.4 is 5.32 Å². The number of rotatable bonds is 7. The average Bonchev–Trinajstić information content (AvgIpc) is 3.28. The molecule has 3 heterocycles. The van der Waals surface area contributed by atoms with Crippen LogP contribution in [0.5, 0.6) is 0 Å². The number of aliphatic carboxylic acids is 1. The molecule has 2 aliphatic rings. The maximum atomic E-state index is 12.7. The first kappa shape index (κ1) is 21.7. The second-order valence-electron chi connectivity index (χ2n) is 6.91. The van der Waals surface area contributed by atoms with E-state index in [0.29, 0.717) is 16.9 Å². The highest BCUT2D eigenvalue weighted by atomic mass is 32.2. The molecule has 31 heavy (non-hydrogen) atoms. The van der Waals surface area contributed by atoms with Crippen molar-refractivity contribution >= 4 is 57.8 Å². The Bertz CT molecular complexity index is 1050. The van der Waals surface area contributed by atoms with E-state index in [-0.39, 0.29) is 28.9 Å². The van der Waals surface area contributed by atoms with Crippen molar-refractivity contribution in [2.24, 2.45) is 0 Å². The number of hydrogen-bond acceptors (Lipinski definition) is 7. The molecule has 1 aromatic carbocycles. The third kappa shape index (κ3) is 4.56. The number of thiophene rings is 1. The van der Waals surface area contributed by atoms with Crippen molar-refractivity contribution in [2.75, 3.05) is 11.5 Å². The first-order chi connectivity index (χ1) is 15.0. The monoisotopic (exact) mass is 474 g/mol. The highest BCUT2D eigenvalue weighted by Crippen LogP contribution is 2.41. The molecule has 1 saturated heterocycles. The highest BCUT2D eigenvalue weighted by molar-refractivity contribution is 8.14. The van der Waals surface area contributed by atoms with E-state index >= 15 is 0 Å². The summed E-state index contributed by atoms with van der Waals surface area (Å²) in [5, 5.41) is 13.7. The van der Waals surface area contributed by atoms with Gasteiger partial charge in [0.05, 0.1) is 6.42 Å². The molecule has 7 nitrogen and oxygen atoms in total. The number of thioether (sulfide) groups is 2. The van der Waals surface area contributed by atoms with E-state index in [9.17, 15) is 24.3 Å². The molecule has 0 bridgehead atoms. The van der Waals surface area contributed by atoms with Crippen LogP contribution in [0.3, 0.4) is 0 Å². The van der Waals surface area contributed by atoms with Gasteiger partial charge in [-0.25, -0.2) is 4.79 Å². The summed E-state index contributed by atoms with van der Waals surface area (Å²) in [7, 11) is 0. The summed E-state index contributed by atoms with van der Waals surface area (Å²) in [6.45, 7) is 0. The first-order valence-electron chi connectivity index (χ1n) is 9.39. The van der Waals surface area contributed by atoms with Crippen LogP contribution in [0.15, 0.2) is 59.1 Å². The van der Waals surface area contributed by atoms with E-state index in [4.69, 9.17) is 0 Å². The number of β-lactam (4-membered cyclic amide) rings is 1. The van der Waals surface area contributed by atoms with E-state index in [2.05, 4.69) is 5.32 Å². The van der Waals surface area contributed by atoms with Crippen molar-refractivity contribution in [3.8, 4) is 0 Å². The predicted molar refractivity (Wildman–Crippen MR) is 121 cm³/mol. The van der Waals surface area contributed by atoms with Gasteiger partial charge in [-0.1, -0.05) is 48.2 Å². The van der Waals surface area contributed by atoms with Crippen LogP contribution in [0, 0.1) is 0 Å². The first-order valence-corrected chi connectivity index (χ1v) is 12.3. The third-order valence-corrected chi connectivity index (χ3v) is 8.07. The number of nitrogens with one attached hydrogen (secondary N) is 1. The zero-order chi connectivity index (χ0) is 22.0. The van der Waals surface area contributed by atoms with Crippen molar-refractivity contribution < 1.29 is 24.3 Å². The van der Waals surface area contributed by atoms with Gasteiger partial charge in [-0.2, -0.15) is 0 Å². The van der Waals surface area contributed by atoms with E-state index in [1.54, 1.807) is 24.3 Å². The van der Waals surface area contributed by atoms with Gasteiger partial charge < -0.3 is 10.4 Å². The second kappa shape index (κ2) is 9.29. The van der Waals surface area contributed by atoms with Crippen LogP contribution in [0.4, 0.5) is 0 Å². The van der Waals surface area contributed by atoms with Gasteiger partial charge in [0.1, 0.15) is 17.1 Å². The molecular formula is C21H18N2O5S3. The fourth-order valence-corrected chi connectivity index (χ4v) is 6.43. The topological polar surface area (TPSA) is 104 Å². The molecule has 0 aliphatic carbocycles. The van der Waals surface area contributed by atoms with Crippen LogP contribution in [-0.4, -0.2) is 55.8 Å². The fourth-order valence-electron chi connectivity index (χ4n) is 3.40. The predicted octanol–water partition coefficient (Wildman–Crippen LogP) is 2.60. The molecule has 160 valence electrons. The average molecular weight is 475 g/mol. The van der Waals surface area contributed by atoms with Crippen LogP contribution in [0.2, 0.25) is 0 Å². The molecule has 0 spiro atoms. The Morgan fingerprint density at radius 2 is 1.94 bits per heavy atom. The lowest BCUT2D eigenvalue weighted by Gasteiger charge is -2.49. The molecule has 2 aromatic rings. The molecule has 4 rings (SSSR count). The Morgan fingerprint density at radius 1 is 1.16 bits per heavy atom. The Kier molecular flexibility index (Phi) is 6.49. The number of benzene rings is 1. The second-order valence-corrected chi connectivity index (χ2v) is 10.00. The van der Waals surface area contributed by atoms with Crippen molar-refractivity contribution in [3.05, 3.63) is 69.6 Å². The van der Waals surface area contributed by atoms with E-state index in [0.717, 1.165) is 16.6 Å². The van der Waals surface area contributed by atoms with E-state index in [1.807, 2.05) is 23.6 Å². The summed E-state index contributed by atoms with van der Waals surface area (Å²) in [6.07, 6.45) is 0.184. The Morgan fingerprint density at radius 3 is 2.61 bits per heavy atom. The van der Waals surface area contributed by atoms with Gasteiger partial charge >= 0.3 is 5.97 Å². The number of fused-ring (bicyclic) bond motifs is 1. The van der Waals surface area contributed by atoms with Gasteiger partial charge in [-0.05, 0) is 17.0 Å². The molecule has 2 atom stereocenters. The van der Waals surface area contributed by atoms with Gasteiger partial charge in [0.25, 0.3) is 5.91 Å². The minimum Gasteiger partial charge on any atom is -0.477 e. The number of carboxylic acid groups (broad SMARTS) is 1. The highest BCUT2D eigenvalue weighted by Gasteiger charge is 2.54. The van der Waals surface area contributed by atoms with Crippen molar-refractivity contribution in [2.45, 2.75) is 17.8 Å². The Labute approximate surface area is 190 Å². The quantitative estimate of drug-likeness (QED) is 0.595. The largest absolute Gasteiger partial charge is 0.477 e. The molecular weight excluding hydrogens is 456 g/mol. The van der Waals surface area contributed by atoms with Gasteiger partial charge in [-0.15, -0.1) is 23.1 Å². The van der Waals surface area contributed by atoms with Crippen molar-refractivity contribution in [3.63, 3.8) is 0 Å². The van der Waals surface area contributed by atoms with Gasteiger partial charge in [-0.3, -0.25) is 19.3 Å². The molecule has 1 fully saturated rings. The minimum atomic E-state index is -1.20. The summed E-state index contributed by atoms with van der Waals surface area (Å²) < 4.78 is 0. The lowest BCUT2D eigenvalue weighted by atomic mass is 10.0. The standard InChI is InChI=1S/C21H18N2O5S3/c24-15(9-14-7-4-8-29-14)22-16-18(25)23-17(20(26)27)13(10-30-19(16)23)11-31-21(28)12-5-2-1-3-6-12/h1-8,16,19H,9-11H2,(H,22,24)(H,26,27)/t16?,19-/m0/s1. The maximum absolute atomic E-state index is 12.7. The number of carbonyl (C=O) groups is 4. The number of amides is 2. The normalized spacial score (nSPS) is 20.1.